The molecule has 1 N–H and O–H groups in total. The van der Waals surface area contributed by atoms with Gasteiger partial charge in [0.2, 0.25) is 5.95 Å². The van der Waals surface area contributed by atoms with Crippen molar-refractivity contribution in [3.63, 3.8) is 0 Å². The molecule has 5 heteroatoms. The first kappa shape index (κ1) is 15.6. The number of aromatic nitrogens is 3. The molecule has 0 amide bonds. The van der Waals surface area contributed by atoms with Crippen LogP contribution >= 0.6 is 0 Å². The van der Waals surface area contributed by atoms with Crippen LogP contribution in [0, 0.1) is 13.8 Å². The third-order valence-electron chi connectivity index (χ3n) is 4.48. The molecule has 5 nitrogen and oxygen atoms in total. The number of hydrogen-bond donors (Lipinski definition) is 1. The molecule has 4 rings (SSSR count). The number of rotatable bonds is 3. The van der Waals surface area contributed by atoms with Gasteiger partial charge in [-0.05, 0) is 54.7 Å². The molecule has 3 aromatic rings. The molecule has 0 spiro atoms. The van der Waals surface area contributed by atoms with Crippen molar-refractivity contribution in [1.29, 1.82) is 0 Å². The smallest absolute Gasteiger partial charge is 0.249 e. The fourth-order valence-corrected chi connectivity index (χ4v) is 3.37. The second-order valence-electron chi connectivity index (χ2n) is 6.58. The number of nitrogens with zero attached hydrogens (tertiary/aromatic N) is 4. The molecule has 0 fully saturated rings. The maximum absolute atomic E-state index is 4.67. The van der Waals surface area contributed by atoms with Crippen molar-refractivity contribution >= 4 is 17.5 Å². The average Bonchev–Trinajstić information content (AvgIpc) is 2.61. The summed E-state index contributed by atoms with van der Waals surface area (Å²) in [6.45, 7) is 5.97. The van der Waals surface area contributed by atoms with E-state index in [2.05, 4.69) is 81.7 Å². The highest BCUT2D eigenvalue weighted by Gasteiger charge is 2.17. The zero-order valence-corrected chi connectivity index (χ0v) is 14.5. The Hall–Kier alpha value is -2.95. The highest BCUT2D eigenvalue weighted by molar-refractivity contribution is 5.57. The normalized spacial score (nSPS) is 13.4. The molecule has 0 bridgehead atoms. The van der Waals surface area contributed by atoms with Crippen molar-refractivity contribution in [1.82, 2.24) is 15.2 Å². The van der Waals surface area contributed by atoms with E-state index in [-0.39, 0.29) is 0 Å². The van der Waals surface area contributed by atoms with Crippen molar-refractivity contribution in [3.05, 3.63) is 70.9 Å². The molecule has 0 aliphatic carbocycles. The number of nitrogens with one attached hydrogen (secondary N) is 1. The maximum atomic E-state index is 4.67. The Morgan fingerprint density at radius 2 is 1.76 bits per heavy atom. The Labute approximate surface area is 147 Å². The van der Waals surface area contributed by atoms with E-state index in [9.17, 15) is 0 Å². The van der Waals surface area contributed by atoms with Crippen molar-refractivity contribution in [3.8, 4) is 0 Å². The summed E-state index contributed by atoms with van der Waals surface area (Å²) in [6, 6.07) is 14.9. The van der Waals surface area contributed by atoms with Crippen LogP contribution in [0.1, 0.15) is 22.3 Å². The van der Waals surface area contributed by atoms with Crippen molar-refractivity contribution in [2.75, 3.05) is 16.8 Å². The maximum Gasteiger partial charge on any atom is 0.249 e. The zero-order chi connectivity index (χ0) is 17.2. The van der Waals surface area contributed by atoms with E-state index < -0.39 is 0 Å². The second-order valence-corrected chi connectivity index (χ2v) is 6.58. The lowest BCUT2D eigenvalue weighted by Gasteiger charge is -2.29. The van der Waals surface area contributed by atoms with Crippen LogP contribution in [-0.2, 0) is 13.0 Å². The van der Waals surface area contributed by atoms with E-state index in [0.29, 0.717) is 5.95 Å². The zero-order valence-electron chi connectivity index (χ0n) is 14.5. The summed E-state index contributed by atoms with van der Waals surface area (Å²) in [4.78, 5) is 6.92. The Morgan fingerprint density at radius 1 is 1.00 bits per heavy atom. The molecular weight excluding hydrogens is 310 g/mol. The van der Waals surface area contributed by atoms with Crippen LogP contribution in [0.25, 0.3) is 0 Å². The summed E-state index contributed by atoms with van der Waals surface area (Å²) >= 11 is 0. The minimum atomic E-state index is 0.529. The van der Waals surface area contributed by atoms with Gasteiger partial charge in [-0.2, -0.15) is 10.1 Å². The molecule has 2 heterocycles. The van der Waals surface area contributed by atoms with Crippen LogP contribution in [-0.4, -0.2) is 21.7 Å². The Balaban J connectivity index is 1.56. The van der Waals surface area contributed by atoms with Gasteiger partial charge in [-0.15, -0.1) is 5.10 Å². The largest absolute Gasteiger partial charge is 0.350 e. The number of hydrogen-bond acceptors (Lipinski definition) is 5. The van der Waals surface area contributed by atoms with Crippen LogP contribution in [0.2, 0.25) is 0 Å². The first-order chi connectivity index (χ1) is 12.2. The van der Waals surface area contributed by atoms with Gasteiger partial charge in [-0.3, -0.25) is 0 Å². The number of fused-ring (bicyclic) bond motifs is 1. The van der Waals surface area contributed by atoms with Crippen molar-refractivity contribution < 1.29 is 0 Å². The Bertz CT molecular complexity index is 886. The van der Waals surface area contributed by atoms with Gasteiger partial charge >= 0.3 is 0 Å². The molecule has 0 saturated heterocycles. The Kier molecular flexibility index (Phi) is 4.06. The van der Waals surface area contributed by atoms with Gasteiger partial charge in [0, 0.05) is 18.8 Å². The number of anilines is 3. The SMILES string of the molecule is Cc1cc(C)cc(Nc2nncc(N3CCc4ccccc4C3)n2)c1. The topological polar surface area (TPSA) is 53.9 Å². The van der Waals surface area contributed by atoms with Crippen LogP contribution in [0.3, 0.4) is 0 Å². The minimum Gasteiger partial charge on any atom is -0.350 e. The molecular formula is C20H21N5. The quantitative estimate of drug-likeness (QED) is 0.791. The van der Waals surface area contributed by atoms with Crippen LogP contribution in [0.5, 0.6) is 0 Å². The summed E-state index contributed by atoms with van der Waals surface area (Å²) in [5.74, 6) is 1.39. The molecule has 0 saturated carbocycles. The van der Waals surface area contributed by atoms with E-state index in [1.165, 1.54) is 22.3 Å². The highest BCUT2D eigenvalue weighted by atomic mass is 15.3. The van der Waals surface area contributed by atoms with E-state index in [1.54, 1.807) is 6.20 Å². The van der Waals surface area contributed by atoms with Crippen molar-refractivity contribution in [2.45, 2.75) is 26.8 Å². The van der Waals surface area contributed by atoms with Crippen molar-refractivity contribution in [2.24, 2.45) is 0 Å². The third kappa shape index (κ3) is 3.45. The van der Waals surface area contributed by atoms with Gasteiger partial charge < -0.3 is 10.2 Å². The standard InChI is InChI=1S/C20H21N5/c1-14-9-15(2)11-18(10-14)22-20-23-19(12-21-24-20)25-8-7-16-5-3-4-6-17(16)13-25/h3-6,9-12H,7-8,13H2,1-2H3,(H,22,23,24). The van der Waals surface area contributed by atoms with E-state index in [1.807, 2.05) is 0 Å². The number of aryl methyl sites for hydroxylation is 2. The second kappa shape index (κ2) is 6.51. The molecule has 1 aromatic heterocycles. The summed E-state index contributed by atoms with van der Waals surface area (Å²) < 4.78 is 0. The molecule has 0 unspecified atom stereocenters. The predicted molar refractivity (Wildman–Crippen MR) is 100 cm³/mol. The van der Waals surface area contributed by atoms with Crippen LogP contribution < -0.4 is 10.2 Å². The molecule has 0 atom stereocenters. The Morgan fingerprint density at radius 3 is 2.56 bits per heavy atom. The molecule has 0 radical (unpaired) electrons. The van der Waals surface area contributed by atoms with Gasteiger partial charge in [0.15, 0.2) is 5.82 Å². The average molecular weight is 331 g/mol. The monoisotopic (exact) mass is 331 g/mol. The third-order valence-corrected chi connectivity index (χ3v) is 4.48. The van der Waals surface area contributed by atoms with Crippen LogP contribution in [0.4, 0.5) is 17.5 Å². The lowest BCUT2D eigenvalue weighted by atomic mass is 10.0. The van der Waals surface area contributed by atoms with E-state index in [4.69, 9.17) is 0 Å². The lowest BCUT2D eigenvalue weighted by Crippen LogP contribution is -2.31. The predicted octanol–water partition coefficient (Wildman–Crippen LogP) is 3.79. The van der Waals surface area contributed by atoms with Gasteiger partial charge in [-0.1, -0.05) is 30.3 Å². The van der Waals surface area contributed by atoms with Gasteiger partial charge in [0.05, 0.1) is 6.20 Å². The molecule has 2 aromatic carbocycles. The van der Waals surface area contributed by atoms with Gasteiger partial charge in [0.1, 0.15) is 0 Å². The highest BCUT2D eigenvalue weighted by Crippen LogP contribution is 2.24. The summed E-state index contributed by atoms with van der Waals surface area (Å²) in [6.07, 6.45) is 2.76. The van der Waals surface area contributed by atoms with Gasteiger partial charge in [-0.25, -0.2) is 0 Å². The minimum absolute atomic E-state index is 0.529. The first-order valence-electron chi connectivity index (χ1n) is 8.54. The summed E-state index contributed by atoms with van der Waals surface area (Å²) in [5.41, 5.74) is 6.18. The van der Waals surface area contributed by atoms with Crippen LogP contribution in [0.15, 0.2) is 48.7 Å². The molecule has 126 valence electrons. The first-order valence-corrected chi connectivity index (χ1v) is 8.54. The number of benzene rings is 2. The fraction of sp³-hybridized carbons (Fsp3) is 0.250. The summed E-state index contributed by atoms with van der Waals surface area (Å²) in [5, 5.41) is 11.5. The van der Waals surface area contributed by atoms with Gasteiger partial charge in [0.25, 0.3) is 0 Å². The van der Waals surface area contributed by atoms with E-state index in [0.717, 1.165) is 31.0 Å². The molecule has 1 aliphatic rings. The fourth-order valence-electron chi connectivity index (χ4n) is 3.37. The lowest BCUT2D eigenvalue weighted by molar-refractivity contribution is 0.715. The molecule has 1 aliphatic heterocycles. The van der Waals surface area contributed by atoms with E-state index >= 15 is 0 Å². The molecule has 25 heavy (non-hydrogen) atoms. The summed E-state index contributed by atoms with van der Waals surface area (Å²) in [7, 11) is 0.